The smallest absolute Gasteiger partial charge is 0.221 e. The van der Waals surface area contributed by atoms with Crippen LogP contribution in [0, 0.1) is 5.92 Å². The van der Waals surface area contributed by atoms with E-state index in [1.165, 1.54) is 0 Å². The summed E-state index contributed by atoms with van der Waals surface area (Å²) in [6, 6.07) is 0. The van der Waals surface area contributed by atoms with Gasteiger partial charge in [0, 0.05) is 13.6 Å². The molecule has 1 aliphatic heterocycles. The maximum Gasteiger partial charge on any atom is 0.221 e. The van der Waals surface area contributed by atoms with Crippen LogP contribution in [0.15, 0.2) is 6.20 Å². The summed E-state index contributed by atoms with van der Waals surface area (Å²) in [7, 11) is 1.82. The lowest BCUT2D eigenvalue weighted by molar-refractivity contribution is -0.121. The summed E-state index contributed by atoms with van der Waals surface area (Å²) in [6.45, 7) is 2.01. The first kappa shape index (κ1) is 13.7. The van der Waals surface area contributed by atoms with Crippen molar-refractivity contribution in [2.45, 2.75) is 13.0 Å². The van der Waals surface area contributed by atoms with Gasteiger partial charge in [0.05, 0.1) is 24.0 Å². The van der Waals surface area contributed by atoms with Crippen molar-refractivity contribution in [3.05, 3.63) is 12.0 Å². The molecule has 5 N–H and O–H groups in total. The van der Waals surface area contributed by atoms with E-state index < -0.39 is 0 Å². The summed E-state index contributed by atoms with van der Waals surface area (Å²) < 4.78 is 1.68. The van der Waals surface area contributed by atoms with Gasteiger partial charge in [-0.3, -0.25) is 14.4 Å². The second-order valence-corrected chi connectivity index (χ2v) is 5.26. The molecule has 21 heavy (non-hydrogen) atoms. The number of aromatic nitrogens is 4. The Morgan fingerprint density at radius 3 is 3.00 bits per heavy atom. The van der Waals surface area contributed by atoms with Gasteiger partial charge in [0.1, 0.15) is 5.82 Å². The Kier molecular flexibility index (Phi) is 3.43. The molecule has 0 spiro atoms. The molecule has 1 amide bonds. The van der Waals surface area contributed by atoms with E-state index >= 15 is 0 Å². The van der Waals surface area contributed by atoms with E-state index in [2.05, 4.69) is 25.4 Å². The van der Waals surface area contributed by atoms with Crippen LogP contribution < -0.4 is 17.0 Å². The first-order valence-electron chi connectivity index (χ1n) is 6.75. The Bertz CT molecular complexity index is 681. The summed E-state index contributed by atoms with van der Waals surface area (Å²) in [4.78, 5) is 22.2. The number of nitrogens with zero attached hydrogens (tertiary/aromatic N) is 5. The third kappa shape index (κ3) is 2.52. The van der Waals surface area contributed by atoms with Crippen molar-refractivity contribution in [2.24, 2.45) is 24.5 Å². The predicted octanol–water partition coefficient (Wildman–Crippen LogP) is -1.04. The zero-order chi connectivity index (χ0) is 15.0. The number of fused-ring (bicyclic) bond motifs is 1. The van der Waals surface area contributed by atoms with Crippen LogP contribution in [0.2, 0.25) is 0 Å². The average Bonchev–Trinajstić information content (AvgIpc) is 3.06. The largest absolute Gasteiger partial charge is 0.369 e. The SMILES string of the molecule is Cn1ncc2c(NN)nc(CN3CCC(C(N)=O)C3)nc21. The number of amides is 1. The molecule has 0 aromatic carbocycles. The summed E-state index contributed by atoms with van der Waals surface area (Å²) in [6.07, 6.45) is 2.46. The van der Waals surface area contributed by atoms with Crippen LogP contribution in [0.5, 0.6) is 0 Å². The van der Waals surface area contributed by atoms with Crippen LogP contribution in [0.4, 0.5) is 5.82 Å². The number of primary amides is 1. The van der Waals surface area contributed by atoms with Gasteiger partial charge in [0.2, 0.25) is 5.91 Å². The second-order valence-electron chi connectivity index (χ2n) is 5.26. The third-order valence-electron chi connectivity index (χ3n) is 3.81. The van der Waals surface area contributed by atoms with E-state index in [-0.39, 0.29) is 11.8 Å². The van der Waals surface area contributed by atoms with E-state index in [0.717, 1.165) is 24.0 Å². The van der Waals surface area contributed by atoms with Gasteiger partial charge < -0.3 is 11.2 Å². The van der Waals surface area contributed by atoms with E-state index in [0.29, 0.717) is 24.7 Å². The highest BCUT2D eigenvalue weighted by molar-refractivity contribution is 5.86. The Balaban J connectivity index is 1.84. The molecule has 112 valence electrons. The molecular weight excluding hydrogens is 272 g/mol. The van der Waals surface area contributed by atoms with Gasteiger partial charge in [0.15, 0.2) is 11.5 Å². The zero-order valence-corrected chi connectivity index (χ0v) is 11.8. The topological polar surface area (TPSA) is 128 Å². The normalized spacial score (nSPS) is 19.2. The van der Waals surface area contributed by atoms with Crippen molar-refractivity contribution >= 4 is 22.8 Å². The predicted molar refractivity (Wildman–Crippen MR) is 76.7 cm³/mol. The Morgan fingerprint density at radius 1 is 1.52 bits per heavy atom. The highest BCUT2D eigenvalue weighted by Crippen LogP contribution is 2.21. The quantitative estimate of drug-likeness (QED) is 0.484. The van der Waals surface area contributed by atoms with Gasteiger partial charge in [-0.05, 0) is 13.0 Å². The lowest BCUT2D eigenvalue weighted by atomic mass is 10.1. The molecule has 0 saturated carbocycles. The molecule has 2 aromatic heterocycles. The molecule has 0 bridgehead atoms. The van der Waals surface area contributed by atoms with Crippen molar-refractivity contribution < 1.29 is 4.79 Å². The van der Waals surface area contributed by atoms with Crippen LogP contribution in [-0.4, -0.2) is 43.6 Å². The molecule has 1 aliphatic rings. The fourth-order valence-corrected chi connectivity index (χ4v) is 2.66. The molecule has 9 nitrogen and oxygen atoms in total. The minimum absolute atomic E-state index is 0.0856. The Morgan fingerprint density at radius 2 is 2.33 bits per heavy atom. The first-order chi connectivity index (χ1) is 10.1. The summed E-state index contributed by atoms with van der Waals surface area (Å²) in [5, 5.41) is 4.93. The summed E-state index contributed by atoms with van der Waals surface area (Å²) in [5.74, 6) is 6.37. The zero-order valence-electron chi connectivity index (χ0n) is 11.8. The van der Waals surface area contributed by atoms with Crippen LogP contribution in [0.3, 0.4) is 0 Å². The van der Waals surface area contributed by atoms with Crippen molar-refractivity contribution in [3.8, 4) is 0 Å². The number of carbonyl (C=O) groups excluding carboxylic acids is 1. The number of rotatable bonds is 4. The van der Waals surface area contributed by atoms with E-state index in [1.807, 2.05) is 7.05 Å². The highest BCUT2D eigenvalue weighted by atomic mass is 16.1. The van der Waals surface area contributed by atoms with Gasteiger partial charge in [0.25, 0.3) is 0 Å². The number of nitrogens with one attached hydrogen (secondary N) is 1. The standard InChI is InChI=1S/C12H18N8O/c1-19-12-8(4-15-19)11(18-14)16-9(17-12)6-20-3-2-7(5-20)10(13)21/h4,7H,2-3,5-6,14H2,1H3,(H2,13,21)(H,16,17,18). The van der Waals surface area contributed by atoms with E-state index in [9.17, 15) is 4.79 Å². The minimum Gasteiger partial charge on any atom is -0.369 e. The third-order valence-corrected chi connectivity index (χ3v) is 3.81. The molecule has 3 rings (SSSR count). The van der Waals surface area contributed by atoms with Gasteiger partial charge >= 0.3 is 0 Å². The molecule has 1 fully saturated rings. The molecule has 1 unspecified atom stereocenters. The maximum absolute atomic E-state index is 11.2. The average molecular weight is 290 g/mol. The number of nitrogens with two attached hydrogens (primary N) is 2. The molecule has 1 atom stereocenters. The monoisotopic (exact) mass is 290 g/mol. The van der Waals surface area contributed by atoms with Gasteiger partial charge in [-0.15, -0.1) is 0 Å². The van der Waals surface area contributed by atoms with Crippen LogP contribution in [0.1, 0.15) is 12.2 Å². The van der Waals surface area contributed by atoms with Crippen LogP contribution in [-0.2, 0) is 18.4 Å². The number of hydrogen-bond donors (Lipinski definition) is 3. The summed E-state index contributed by atoms with van der Waals surface area (Å²) >= 11 is 0. The number of hydrogen-bond acceptors (Lipinski definition) is 7. The van der Waals surface area contributed by atoms with Crippen LogP contribution in [0.25, 0.3) is 11.0 Å². The lowest BCUT2D eigenvalue weighted by Crippen LogP contribution is -2.27. The van der Waals surface area contributed by atoms with E-state index in [1.54, 1.807) is 10.9 Å². The first-order valence-corrected chi connectivity index (χ1v) is 6.75. The number of anilines is 1. The van der Waals surface area contributed by atoms with E-state index in [4.69, 9.17) is 11.6 Å². The number of carbonyl (C=O) groups is 1. The van der Waals surface area contributed by atoms with Crippen molar-refractivity contribution in [3.63, 3.8) is 0 Å². The number of aryl methyl sites for hydroxylation is 1. The number of hydrazine groups is 1. The molecule has 2 aromatic rings. The molecule has 3 heterocycles. The molecule has 1 saturated heterocycles. The fourth-order valence-electron chi connectivity index (χ4n) is 2.66. The maximum atomic E-state index is 11.2. The molecule has 9 heteroatoms. The molecule has 0 aliphatic carbocycles. The minimum atomic E-state index is -0.246. The fraction of sp³-hybridized carbons (Fsp3) is 0.500. The van der Waals surface area contributed by atoms with Crippen molar-refractivity contribution in [2.75, 3.05) is 18.5 Å². The van der Waals surface area contributed by atoms with Crippen molar-refractivity contribution in [1.29, 1.82) is 0 Å². The second kappa shape index (κ2) is 5.26. The highest BCUT2D eigenvalue weighted by Gasteiger charge is 2.27. The Hall–Kier alpha value is -2.26. The van der Waals surface area contributed by atoms with Gasteiger partial charge in [-0.1, -0.05) is 0 Å². The Labute approximate surface area is 121 Å². The molecule has 0 radical (unpaired) electrons. The number of nitrogen functional groups attached to an aromatic ring is 1. The van der Waals surface area contributed by atoms with Gasteiger partial charge in [-0.25, -0.2) is 15.8 Å². The lowest BCUT2D eigenvalue weighted by Gasteiger charge is -2.14. The van der Waals surface area contributed by atoms with Gasteiger partial charge in [-0.2, -0.15) is 5.10 Å². The number of likely N-dealkylation sites (tertiary alicyclic amines) is 1. The summed E-state index contributed by atoms with van der Waals surface area (Å²) in [5.41, 5.74) is 8.64. The van der Waals surface area contributed by atoms with Crippen molar-refractivity contribution in [1.82, 2.24) is 24.6 Å². The molecular formula is C12H18N8O. The van der Waals surface area contributed by atoms with Crippen LogP contribution >= 0.6 is 0 Å².